The Kier molecular flexibility index (Phi) is 6.07. The summed E-state index contributed by atoms with van der Waals surface area (Å²) in [4.78, 5) is 30.1. The van der Waals surface area contributed by atoms with Gasteiger partial charge in [-0.3, -0.25) is 4.79 Å². The van der Waals surface area contributed by atoms with Crippen molar-refractivity contribution in [3.8, 4) is 5.69 Å². The monoisotopic (exact) mass is 430 g/mol. The molecule has 0 fully saturated rings. The summed E-state index contributed by atoms with van der Waals surface area (Å²) >= 11 is 0. The number of nitrogens with one attached hydrogen (secondary N) is 1. The van der Waals surface area contributed by atoms with Gasteiger partial charge in [-0.2, -0.15) is 10.2 Å². The van der Waals surface area contributed by atoms with Gasteiger partial charge in [-0.05, 0) is 31.0 Å². The summed E-state index contributed by atoms with van der Waals surface area (Å²) in [5.41, 5.74) is 2.49. The normalized spacial score (nSPS) is 12.2. The molecule has 4 aromatic rings. The van der Waals surface area contributed by atoms with Gasteiger partial charge in [0, 0.05) is 30.9 Å². The molecule has 0 aliphatic heterocycles. The topological polar surface area (TPSA) is 102 Å². The molecule has 0 saturated carbocycles. The first-order valence-electron chi connectivity index (χ1n) is 10.5. The van der Waals surface area contributed by atoms with Crippen LogP contribution in [0.15, 0.2) is 55.0 Å². The van der Waals surface area contributed by atoms with Gasteiger partial charge in [0.25, 0.3) is 5.91 Å². The van der Waals surface area contributed by atoms with Gasteiger partial charge < -0.3 is 10.2 Å². The summed E-state index contributed by atoms with van der Waals surface area (Å²) in [6.07, 6.45) is 4.94. The van der Waals surface area contributed by atoms with E-state index in [1.165, 1.54) is 4.80 Å². The van der Waals surface area contributed by atoms with Gasteiger partial charge in [-0.15, -0.1) is 4.80 Å². The predicted octanol–water partition coefficient (Wildman–Crippen LogP) is 3.12. The van der Waals surface area contributed by atoms with Crippen molar-refractivity contribution in [1.29, 1.82) is 0 Å². The van der Waals surface area contributed by atoms with Gasteiger partial charge in [0.2, 0.25) is 5.95 Å². The van der Waals surface area contributed by atoms with Crippen molar-refractivity contribution in [3.63, 3.8) is 0 Å². The number of aromatic nitrogens is 6. The maximum atomic E-state index is 13.5. The average Bonchev–Trinajstić information content (AvgIpc) is 3.33. The van der Waals surface area contributed by atoms with Gasteiger partial charge in [-0.25, -0.2) is 15.0 Å². The lowest BCUT2D eigenvalue weighted by atomic mass is 10.0. The zero-order valence-corrected chi connectivity index (χ0v) is 18.6. The zero-order chi connectivity index (χ0) is 22.7. The number of carbonyl (C=O) groups excluding carboxylic acids is 1. The molecular weight excluding hydrogens is 404 g/mol. The second-order valence-electron chi connectivity index (χ2n) is 8.00. The lowest BCUT2D eigenvalue weighted by Crippen LogP contribution is -2.45. The molecule has 1 amide bonds. The average molecular weight is 431 g/mol. The number of pyridine rings is 1. The molecule has 0 radical (unpaired) electrons. The molecule has 9 nitrogen and oxygen atoms in total. The summed E-state index contributed by atoms with van der Waals surface area (Å²) in [7, 11) is 1.79. The number of hydrogen-bond acceptors (Lipinski definition) is 7. The predicted molar refractivity (Wildman–Crippen MR) is 123 cm³/mol. The zero-order valence-electron chi connectivity index (χ0n) is 18.6. The van der Waals surface area contributed by atoms with Crippen LogP contribution in [-0.2, 0) is 0 Å². The van der Waals surface area contributed by atoms with Crippen LogP contribution >= 0.6 is 0 Å². The molecule has 3 aromatic heterocycles. The molecule has 164 valence electrons. The number of amides is 1. The van der Waals surface area contributed by atoms with Crippen LogP contribution in [0.3, 0.4) is 0 Å². The van der Waals surface area contributed by atoms with Gasteiger partial charge in [-0.1, -0.05) is 32.0 Å². The molecule has 32 heavy (non-hydrogen) atoms. The third-order valence-corrected chi connectivity index (χ3v) is 5.40. The third kappa shape index (κ3) is 4.41. The molecular formula is C23H26N8O. The highest BCUT2D eigenvalue weighted by Gasteiger charge is 2.27. The van der Waals surface area contributed by atoms with Crippen molar-refractivity contribution < 1.29 is 4.79 Å². The van der Waals surface area contributed by atoms with E-state index >= 15 is 0 Å². The Morgan fingerprint density at radius 1 is 1.09 bits per heavy atom. The molecule has 0 aliphatic carbocycles. The molecule has 4 rings (SSSR count). The van der Waals surface area contributed by atoms with E-state index in [2.05, 4.69) is 44.3 Å². The van der Waals surface area contributed by atoms with E-state index in [1.807, 2.05) is 43.3 Å². The lowest BCUT2D eigenvalue weighted by Gasteiger charge is -2.31. The number of para-hydroxylation sites is 1. The van der Waals surface area contributed by atoms with Crippen molar-refractivity contribution in [1.82, 2.24) is 34.8 Å². The highest BCUT2D eigenvalue weighted by molar-refractivity contribution is 5.95. The lowest BCUT2D eigenvalue weighted by molar-refractivity contribution is 0.0694. The first kappa shape index (κ1) is 21.4. The van der Waals surface area contributed by atoms with Crippen molar-refractivity contribution in [2.45, 2.75) is 26.8 Å². The van der Waals surface area contributed by atoms with Crippen LogP contribution in [0.5, 0.6) is 0 Å². The Morgan fingerprint density at radius 2 is 1.84 bits per heavy atom. The van der Waals surface area contributed by atoms with E-state index in [-0.39, 0.29) is 17.9 Å². The largest absolute Gasteiger partial charge is 0.352 e. The first-order chi connectivity index (χ1) is 15.4. The summed E-state index contributed by atoms with van der Waals surface area (Å²) in [6, 6.07) is 11.4. The summed E-state index contributed by atoms with van der Waals surface area (Å²) in [6.45, 7) is 6.52. The highest BCUT2D eigenvalue weighted by Crippen LogP contribution is 2.18. The highest BCUT2D eigenvalue weighted by atomic mass is 16.2. The van der Waals surface area contributed by atoms with E-state index in [4.69, 9.17) is 0 Å². The van der Waals surface area contributed by atoms with Crippen molar-refractivity contribution in [3.05, 3.63) is 66.4 Å². The number of likely N-dealkylation sites (N-methyl/N-ethyl adjacent to an activating group) is 1. The van der Waals surface area contributed by atoms with Gasteiger partial charge in [0.15, 0.2) is 5.69 Å². The molecule has 0 spiro atoms. The van der Waals surface area contributed by atoms with Gasteiger partial charge >= 0.3 is 0 Å². The number of hydrogen-bond donors (Lipinski definition) is 1. The van der Waals surface area contributed by atoms with Crippen LogP contribution < -0.4 is 5.32 Å². The van der Waals surface area contributed by atoms with E-state index in [1.54, 1.807) is 30.5 Å². The van der Waals surface area contributed by atoms with Crippen LogP contribution in [-0.4, -0.2) is 60.4 Å². The first-order valence-corrected chi connectivity index (χ1v) is 10.5. The maximum absolute atomic E-state index is 13.5. The van der Waals surface area contributed by atoms with E-state index in [9.17, 15) is 4.79 Å². The van der Waals surface area contributed by atoms with Gasteiger partial charge in [0.05, 0.1) is 24.0 Å². The fourth-order valence-electron chi connectivity index (χ4n) is 3.60. The van der Waals surface area contributed by atoms with Crippen LogP contribution in [0.25, 0.3) is 16.6 Å². The number of aryl methyl sites for hydroxylation is 1. The number of rotatable bonds is 7. The molecule has 0 saturated heterocycles. The van der Waals surface area contributed by atoms with Gasteiger partial charge in [0.1, 0.15) is 5.69 Å². The molecule has 1 aromatic carbocycles. The summed E-state index contributed by atoms with van der Waals surface area (Å²) < 4.78 is 0. The quantitative estimate of drug-likeness (QED) is 0.481. The van der Waals surface area contributed by atoms with E-state index < -0.39 is 0 Å². The number of nitrogens with zero attached hydrogens (tertiary/aromatic N) is 7. The van der Waals surface area contributed by atoms with Crippen molar-refractivity contribution in [2.75, 3.05) is 18.9 Å². The van der Waals surface area contributed by atoms with Crippen LogP contribution in [0.1, 0.15) is 30.0 Å². The van der Waals surface area contributed by atoms with Crippen molar-refractivity contribution >= 4 is 22.8 Å². The minimum atomic E-state index is -0.194. The Labute approximate surface area is 186 Å². The fraction of sp³-hybridized carbons (Fsp3) is 0.304. The van der Waals surface area contributed by atoms with Crippen molar-refractivity contribution in [2.24, 2.45) is 5.92 Å². The molecule has 0 aliphatic rings. The molecule has 1 atom stereocenters. The third-order valence-electron chi connectivity index (χ3n) is 5.40. The van der Waals surface area contributed by atoms with E-state index in [0.717, 1.165) is 16.6 Å². The number of fused-ring (bicyclic) bond motifs is 1. The molecule has 3 heterocycles. The Hall–Kier alpha value is -3.88. The van der Waals surface area contributed by atoms with Crippen LogP contribution in [0.2, 0.25) is 0 Å². The van der Waals surface area contributed by atoms with E-state index in [0.29, 0.717) is 23.9 Å². The molecule has 0 bridgehead atoms. The smallest absolute Gasteiger partial charge is 0.274 e. The Morgan fingerprint density at radius 3 is 2.59 bits per heavy atom. The SMILES string of the molecule is Cc1ccc(-n2nccn2)c(C(=O)N(C)[C@H](CNc2ncc3ccccc3n2)C(C)C)n1. The second-order valence-corrected chi connectivity index (χ2v) is 8.00. The number of benzene rings is 1. The minimum Gasteiger partial charge on any atom is -0.352 e. The Balaban J connectivity index is 1.56. The molecule has 1 N–H and O–H groups in total. The van der Waals surface area contributed by atoms with Crippen LogP contribution in [0.4, 0.5) is 5.95 Å². The number of carbonyl (C=O) groups is 1. The number of anilines is 1. The molecule has 0 unspecified atom stereocenters. The maximum Gasteiger partial charge on any atom is 0.274 e. The summed E-state index contributed by atoms with van der Waals surface area (Å²) in [5, 5.41) is 12.6. The molecule has 9 heteroatoms. The summed E-state index contributed by atoms with van der Waals surface area (Å²) in [5.74, 6) is 0.527. The fourth-order valence-corrected chi connectivity index (χ4v) is 3.60. The second kappa shape index (κ2) is 9.09. The minimum absolute atomic E-state index is 0.113. The Bertz CT molecular complexity index is 1220. The van der Waals surface area contributed by atoms with Crippen LogP contribution in [0, 0.1) is 12.8 Å². The standard InChI is InChI=1S/C23H26N8O/c1-15(2)20(14-25-23-24-13-17-7-5-6-8-18(17)29-23)30(4)22(32)21-19(10-9-16(3)28-21)31-26-11-12-27-31/h5-13,15,20H,14H2,1-4H3,(H,24,25,29)/t20-/m1/s1.